The third-order valence-corrected chi connectivity index (χ3v) is 6.58. The van der Waals surface area contributed by atoms with Crippen LogP contribution in [-0.2, 0) is 17.8 Å². The van der Waals surface area contributed by atoms with Gasteiger partial charge in [0.2, 0.25) is 5.91 Å². The maximum atomic E-state index is 13.7. The van der Waals surface area contributed by atoms with E-state index in [0.29, 0.717) is 37.7 Å². The third-order valence-electron chi connectivity index (χ3n) is 6.58. The monoisotopic (exact) mass is 431 g/mol. The molecule has 0 spiro atoms. The summed E-state index contributed by atoms with van der Waals surface area (Å²) in [7, 11) is 0. The van der Waals surface area contributed by atoms with Crippen molar-refractivity contribution in [2.75, 3.05) is 13.1 Å². The topological polar surface area (TPSA) is 54.3 Å². The lowest BCUT2D eigenvalue weighted by Crippen LogP contribution is -2.64. The predicted molar refractivity (Wildman–Crippen MR) is 129 cm³/mol. The summed E-state index contributed by atoms with van der Waals surface area (Å²) in [4.78, 5) is 28.9. The first-order valence-electron chi connectivity index (χ1n) is 11.5. The minimum absolute atomic E-state index is 0.0823. The Labute approximate surface area is 190 Å². The quantitative estimate of drug-likeness (QED) is 0.596. The first-order chi connectivity index (χ1) is 15.3. The Hall–Kier alpha value is -3.08. The lowest BCUT2D eigenvalue weighted by molar-refractivity contribution is -0.132. The number of nitrogens with zero attached hydrogens (tertiary/aromatic N) is 2. The fourth-order valence-corrected chi connectivity index (χ4v) is 4.52. The summed E-state index contributed by atoms with van der Waals surface area (Å²) in [5, 5.41) is 4.13. The van der Waals surface area contributed by atoms with Crippen molar-refractivity contribution >= 4 is 22.7 Å². The minimum atomic E-state index is -0.951. The second-order valence-corrected chi connectivity index (χ2v) is 9.58. The Morgan fingerprint density at radius 3 is 2.56 bits per heavy atom. The molecule has 0 radical (unpaired) electrons. The van der Waals surface area contributed by atoms with Gasteiger partial charge >= 0.3 is 0 Å². The Kier molecular flexibility index (Phi) is 6.09. The van der Waals surface area contributed by atoms with Crippen LogP contribution in [0.15, 0.2) is 54.6 Å². The zero-order valence-electron chi connectivity index (χ0n) is 19.5. The number of carbonyl (C=O) groups is 2. The number of fused-ring (bicyclic) bond motifs is 3. The number of hydrogen-bond donors (Lipinski definition) is 1. The van der Waals surface area contributed by atoms with Gasteiger partial charge in [-0.25, -0.2) is 0 Å². The molecule has 0 saturated heterocycles. The number of aryl methyl sites for hydroxylation is 1. The average Bonchev–Trinajstić information content (AvgIpc) is 3.13. The molecule has 2 aromatic carbocycles. The third kappa shape index (κ3) is 4.16. The van der Waals surface area contributed by atoms with Gasteiger partial charge in [0.1, 0.15) is 11.2 Å². The molecule has 2 amide bonds. The van der Waals surface area contributed by atoms with E-state index in [9.17, 15) is 9.59 Å². The van der Waals surface area contributed by atoms with E-state index in [-0.39, 0.29) is 11.8 Å². The molecule has 1 aliphatic rings. The second-order valence-electron chi connectivity index (χ2n) is 9.58. The first-order valence-corrected chi connectivity index (χ1v) is 11.5. The van der Waals surface area contributed by atoms with Crippen LogP contribution in [0.3, 0.4) is 0 Å². The molecule has 1 atom stereocenters. The van der Waals surface area contributed by atoms with E-state index in [4.69, 9.17) is 0 Å². The molecular weight excluding hydrogens is 398 g/mol. The van der Waals surface area contributed by atoms with Crippen LogP contribution in [0.1, 0.15) is 48.8 Å². The van der Waals surface area contributed by atoms with E-state index >= 15 is 0 Å². The van der Waals surface area contributed by atoms with E-state index in [1.54, 1.807) is 4.90 Å². The molecule has 5 nitrogen and oxygen atoms in total. The van der Waals surface area contributed by atoms with Gasteiger partial charge in [-0.15, -0.1) is 0 Å². The lowest BCUT2D eigenvalue weighted by Gasteiger charge is -2.44. The largest absolute Gasteiger partial charge is 0.354 e. The molecule has 4 rings (SSSR count). The van der Waals surface area contributed by atoms with Gasteiger partial charge in [0.25, 0.3) is 5.91 Å². The van der Waals surface area contributed by atoms with Gasteiger partial charge in [-0.2, -0.15) is 0 Å². The van der Waals surface area contributed by atoms with Gasteiger partial charge < -0.3 is 14.8 Å². The maximum Gasteiger partial charge on any atom is 0.271 e. The Balaban J connectivity index is 1.67. The molecule has 1 aromatic heterocycles. The van der Waals surface area contributed by atoms with Crippen molar-refractivity contribution < 1.29 is 9.59 Å². The summed E-state index contributed by atoms with van der Waals surface area (Å²) in [5.74, 6) is 0.341. The van der Waals surface area contributed by atoms with Gasteiger partial charge in [0, 0.05) is 24.0 Å². The molecule has 1 aliphatic heterocycles. The standard InChI is InChI=1S/C27H33N3O2/c1-19(2)13-15-28-26(32)27(4)18-29-23-8-6-5-7-22(23)17-24(29)25(31)30(27)16-14-21-11-9-20(3)10-12-21/h5-12,17,19H,13-16,18H2,1-4H3,(H,28,32). The zero-order valence-corrected chi connectivity index (χ0v) is 19.5. The first kappa shape index (κ1) is 22.1. The van der Waals surface area contributed by atoms with Gasteiger partial charge in [0.15, 0.2) is 0 Å². The molecule has 32 heavy (non-hydrogen) atoms. The summed E-state index contributed by atoms with van der Waals surface area (Å²) in [6, 6.07) is 18.3. The number of para-hydroxylation sites is 1. The number of rotatable bonds is 7. The Morgan fingerprint density at radius 2 is 1.84 bits per heavy atom. The van der Waals surface area contributed by atoms with Crippen molar-refractivity contribution in [3.63, 3.8) is 0 Å². The second kappa shape index (κ2) is 8.81. The Bertz CT molecular complexity index is 1130. The van der Waals surface area contributed by atoms with Gasteiger partial charge in [0.05, 0.1) is 6.54 Å². The summed E-state index contributed by atoms with van der Waals surface area (Å²) in [5.41, 5.74) is 3.07. The van der Waals surface area contributed by atoms with Gasteiger partial charge in [-0.05, 0) is 50.3 Å². The van der Waals surface area contributed by atoms with E-state index in [1.165, 1.54) is 5.56 Å². The highest BCUT2D eigenvalue weighted by Gasteiger charge is 2.47. The van der Waals surface area contributed by atoms with E-state index in [1.807, 2.05) is 41.8 Å². The fourth-order valence-electron chi connectivity index (χ4n) is 4.52. The van der Waals surface area contributed by atoms with Crippen molar-refractivity contribution in [3.8, 4) is 0 Å². The molecule has 2 heterocycles. The molecule has 5 heteroatoms. The molecule has 1 unspecified atom stereocenters. The van der Waals surface area contributed by atoms with Crippen LogP contribution in [0.4, 0.5) is 0 Å². The average molecular weight is 432 g/mol. The van der Waals surface area contributed by atoms with Crippen LogP contribution in [0.25, 0.3) is 10.9 Å². The van der Waals surface area contributed by atoms with Crippen LogP contribution in [0.5, 0.6) is 0 Å². The molecular formula is C27H33N3O2. The number of amides is 2. The van der Waals surface area contributed by atoms with Crippen LogP contribution in [0, 0.1) is 12.8 Å². The molecule has 0 bridgehead atoms. The summed E-state index contributed by atoms with van der Waals surface area (Å²) >= 11 is 0. The number of benzene rings is 2. The minimum Gasteiger partial charge on any atom is -0.354 e. The zero-order chi connectivity index (χ0) is 22.9. The highest BCUT2D eigenvalue weighted by molar-refractivity contribution is 6.03. The lowest BCUT2D eigenvalue weighted by atomic mass is 9.93. The fraction of sp³-hybridized carbons (Fsp3) is 0.407. The highest BCUT2D eigenvalue weighted by atomic mass is 16.2. The van der Waals surface area contributed by atoms with Crippen molar-refractivity contribution in [1.82, 2.24) is 14.8 Å². The van der Waals surface area contributed by atoms with Crippen LogP contribution < -0.4 is 5.32 Å². The molecule has 0 saturated carbocycles. The summed E-state index contributed by atoms with van der Waals surface area (Å²) in [6.45, 7) is 9.82. The van der Waals surface area contributed by atoms with Crippen molar-refractivity contribution in [3.05, 3.63) is 71.4 Å². The Morgan fingerprint density at radius 1 is 1.12 bits per heavy atom. The van der Waals surface area contributed by atoms with Crippen LogP contribution >= 0.6 is 0 Å². The maximum absolute atomic E-state index is 13.7. The van der Waals surface area contributed by atoms with Crippen LogP contribution in [-0.4, -0.2) is 39.9 Å². The van der Waals surface area contributed by atoms with E-state index < -0.39 is 5.54 Å². The predicted octanol–water partition coefficient (Wildman–Crippen LogP) is 4.57. The van der Waals surface area contributed by atoms with Crippen molar-refractivity contribution in [2.24, 2.45) is 5.92 Å². The highest BCUT2D eigenvalue weighted by Crippen LogP contribution is 2.32. The van der Waals surface area contributed by atoms with E-state index in [0.717, 1.165) is 22.9 Å². The normalized spacial score (nSPS) is 18.3. The number of carbonyl (C=O) groups excluding carboxylic acids is 2. The molecule has 168 valence electrons. The van der Waals surface area contributed by atoms with Crippen molar-refractivity contribution in [2.45, 2.75) is 52.6 Å². The molecule has 3 aromatic rings. The number of hydrogen-bond acceptors (Lipinski definition) is 2. The summed E-state index contributed by atoms with van der Waals surface area (Å²) < 4.78 is 2.02. The smallest absolute Gasteiger partial charge is 0.271 e. The number of nitrogens with one attached hydrogen (secondary N) is 1. The summed E-state index contributed by atoms with van der Waals surface area (Å²) in [6.07, 6.45) is 1.62. The molecule has 0 aliphatic carbocycles. The SMILES string of the molecule is Cc1ccc(CCN2C(=O)c3cc4ccccc4n3CC2(C)C(=O)NCCC(C)C)cc1. The van der Waals surface area contributed by atoms with Crippen LogP contribution in [0.2, 0.25) is 0 Å². The number of aromatic nitrogens is 1. The van der Waals surface area contributed by atoms with E-state index in [2.05, 4.69) is 50.4 Å². The molecule has 0 fully saturated rings. The van der Waals surface area contributed by atoms with Crippen molar-refractivity contribution in [1.29, 1.82) is 0 Å². The van der Waals surface area contributed by atoms with Gasteiger partial charge in [-0.1, -0.05) is 61.9 Å². The van der Waals surface area contributed by atoms with Gasteiger partial charge in [-0.3, -0.25) is 9.59 Å². The molecule has 1 N–H and O–H groups in total.